The first-order valence-corrected chi connectivity index (χ1v) is 7.48. The summed E-state index contributed by atoms with van der Waals surface area (Å²) in [6.07, 6.45) is 3.88. The number of aryl methyl sites for hydroxylation is 1. The van der Waals surface area contributed by atoms with Crippen LogP contribution in [0.15, 0.2) is 37.3 Å². The van der Waals surface area contributed by atoms with Crippen LogP contribution in [0.4, 0.5) is 5.82 Å². The summed E-state index contributed by atoms with van der Waals surface area (Å²) in [7, 11) is 4.04. The smallest absolute Gasteiger partial charge is 0.340 e. The summed E-state index contributed by atoms with van der Waals surface area (Å²) in [4.78, 5) is 6.45. The lowest BCUT2D eigenvalue weighted by Gasteiger charge is -2.19. The summed E-state index contributed by atoms with van der Waals surface area (Å²) < 4.78 is 3.96. The number of aromatic nitrogens is 2. The van der Waals surface area contributed by atoms with Gasteiger partial charge in [-0.2, -0.15) is 0 Å². The van der Waals surface area contributed by atoms with Crippen LogP contribution >= 0.6 is 0 Å². The molecule has 2 rings (SSSR count). The van der Waals surface area contributed by atoms with Crippen LogP contribution in [0.3, 0.4) is 0 Å². The van der Waals surface area contributed by atoms with Crippen molar-refractivity contribution in [3.8, 4) is 0 Å². The molecular weight excluding hydrogens is 272 g/mol. The molecule has 116 valence electrons. The Morgan fingerprint density at radius 3 is 2.73 bits per heavy atom. The minimum absolute atomic E-state index is 0.771. The Kier molecular flexibility index (Phi) is 4.81. The molecule has 0 aliphatic heterocycles. The topological polar surface area (TPSA) is 24.1 Å². The van der Waals surface area contributed by atoms with Gasteiger partial charge in [0.25, 0.3) is 0 Å². The molecule has 0 saturated carbocycles. The minimum atomic E-state index is 0.771. The zero-order chi connectivity index (χ0) is 16.3. The van der Waals surface area contributed by atoms with Crippen LogP contribution in [-0.2, 0) is 6.54 Å². The zero-order valence-electron chi connectivity index (χ0n) is 14.0. The van der Waals surface area contributed by atoms with Gasteiger partial charge in [-0.25, -0.2) is 4.58 Å². The first-order chi connectivity index (χ1) is 10.4. The second kappa shape index (κ2) is 6.60. The van der Waals surface area contributed by atoms with Crippen molar-refractivity contribution in [2.24, 2.45) is 0 Å². The SMILES string of the molecule is C=C(c1cc(C)ccc1Cn1cnc([N+](=C)CC)c1)N(C)C. The van der Waals surface area contributed by atoms with Crippen LogP contribution in [0, 0.1) is 6.92 Å². The third kappa shape index (κ3) is 3.45. The molecule has 0 fully saturated rings. The van der Waals surface area contributed by atoms with Crippen molar-refractivity contribution in [1.29, 1.82) is 0 Å². The third-order valence-electron chi connectivity index (χ3n) is 3.79. The predicted octanol–water partition coefficient (Wildman–Crippen LogP) is 3.14. The van der Waals surface area contributed by atoms with E-state index in [1.54, 1.807) is 0 Å². The van der Waals surface area contributed by atoms with Crippen LogP contribution in [0.25, 0.3) is 5.70 Å². The van der Waals surface area contributed by atoms with E-state index < -0.39 is 0 Å². The van der Waals surface area contributed by atoms with Crippen LogP contribution in [0.2, 0.25) is 0 Å². The molecule has 22 heavy (non-hydrogen) atoms. The molecule has 0 aliphatic carbocycles. The van der Waals surface area contributed by atoms with E-state index in [1.807, 2.05) is 36.1 Å². The van der Waals surface area contributed by atoms with Crippen molar-refractivity contribution < 1.29 is 4.58 Å². The second-order valence-corrected chi connectivity index (χ2v) is 5.76. The molecule has 0 N–H and O–H groups in total. The van der Waals surface area contributed by atoms with Crippen LogP contribution in [0.1, 0.15) is 23.6 Å². The maximum Gasteiger partial charge on any atom is 0.340 e. The van der Waals surface area contributed by atoms with E-state index in [0.717, 1.165) is 24.6 Å². The molecule has 1 aromatic heterocycles. The third-order valence-corrected chi connectivity index (χ3v) is 3.79. The van der Waals surface area contributed by atoms with Crippen molar-refractivity contribution in [3.63, 3.8) is 0 Å². The van der Waals surface area contributed by atoms with Crippen molar-refractivity contribution in [2.45, 2.75) is 20.4 Å². The van der Waals surface area contributed by atoms with E-state index in [0.29, 0.717) is 0 Å². The number of hydrogen-bond acceptors (Lipinski definition) is 2. The Bertz CT molecular complexity index is 695. The molecule has 0 aliphatic rings. The van der Waals surface area contributed by atoms with Crippen molar-refractivity contribution in [1.82, 2.24) is 14.5 Å². The highest BCUT2D eigenvalue weighted by atomic mass is 15.1. The van der Waals surface area contributed by atoms with Crippen LogP contribution in [0.5, 0.6) is 0 Å². The molecule has 0 spiro atoms. The Hall–Kier alpha value is -2.36. The molecule has 0 saturated heterocycles. The molecule has 0 radical (unpaired) electrons. The second-order valence-electron chi connectivity index (χ2n) is 5.76. The van der Waals surface area contributed by atoms with Crippen LogP contribution in [-0.4, -0.2) is 46.4 Å². The van der Waals surface area contributed by atoms with Gasteiger partial charge in [-0.15, -0.1) is 0 Å². The standard InChI is InChI=1S/C18H25N4/c1-7-21(6)18-12-22(13-19-18)11-16-9-8-14(2)10-17(16)15(3)20(4)5/h8-10,12-13H,3,6-7,11H2,1-2,4-5H3/q+1. The zero-order valence-corrected chi connectivity index (χ0v) is 14.0. The number of hydrogen-bond donors (Lipinski definition) is 0. The van der Waals surface area contributed by atoms with E-state index in [9.17, 15) is 0 Å². The lowest BCUT2D eigenvalue weighted by molar-refractivity contribution is -0.430. The van der Waals surface area contributed by atoms with Gasteiger partial charge in [-0.3, -0.25) is 0 Å². The largest absolute Gasteiger partial charge is 0.378 e. The highest BCUT2D eigenvalue weighted by Crippen LogP contribution is 2.22. The average molecular weight is 297 g/mol. The van der Waals surface area contributed by atoms with E-state index in [4.69, 9.17) is 0 Å². The monoisotopic (exact) mass is 297 g/mol. The maximum atomic E-state index is 4.40. The van der Waals surface area contributed by atoms with Gasteiger partial charge < -0.3 is 9.47 Å². The maximum absolute atomic E-state index is 4.40. The van der Waals surface area contributed by atoms with E-state index in [2.05, 4.69) is 54.9 Å². The fourth-order valence-electron chi connectivity index (χ4n) is 2.29. The normalized spacial score (nSPS) is 10.5. The first kappa shape index (κ1) is 16.0. The van der Waals surface area contributed by atoms with Gasteiger partial charge in [0.05, 0.1) is 19.8 Å². The number of nitrogens with zero attached hydrogens (tertiary/aromatic N) is 4. The average Bonchev–Trinajstić information content (AvgIpc) is 2.96. The molecule has 4 heteroatoms. The van der Waals surface area contributed by atoms with Gasteiger partial charge in [-0.05, 0) is 30.5 Å². The summed E-state index contributed by atoms with van der Waals surface area (Å²) in [5.41, 5.74) is 4.68. The van der Waals surface area contributed by atoms with Gasteiger partial charge in [0.2, 0.25) is 6.33 Å². The summed E-state index contributed by atoms with van der Waals surface area (Å²) in [5.74, 6) is 0.891. The summed E-state index contributed by atoms with van der Waals surface area (Å²) >= 11 is 0. The molecule has 0 unspecified atom stereocenters. The quantitative estimate of drug-likeness (QED) is 0.604. The number of rotatable bonds is 6. The fraction of sp³-hybridized carbons (Fsp3) is 0.333. The molecule has 2 aromatic rings. The Balaban J connectivity index is 2.31. The lowest BCUT2D eigenvalue weighted by atomic mass is 10.0. The summed E-state index contributed by atoms with van der Waals surface area (Å²) in [5, 5.41) is 0. The van der Waals surface area contributed by atoms with Crippen molar-refractivity contribution in [2.75, 3.05) is 20.6 Å². The van der Waals surface area contributed by atoms with E-state index >= 15 is 0 Å². The minimum Gasteiger partial charge on any atom is -0.378 e. The molecule has 1 aromatic carbocycles. The molecule has 0 atom stereocenters. The van der Waals surface area contributed by atoms with E-state index in [-0.39, 0.29) is 0 Å². The molecule has 4 nitrogen and oxygen atoms in total. The van der Waals surface area contributed by atoms with Gasteiger partial charge in [0.15, 0.2) is 0 Å². The number of benzene rings is 1. The highest BCUT2D eigenvalue weighted by molar-refractivity contribution is 5.65. The first-order valence-electron chi connectivity index (χ1n) is 7.48. The Morgan fingerprint density at radius 2 is 2.09 bits per heavy atom. The Morgan fingerprint density at radius 1 is 1.36 bits per heavy atom. The van der Waals surface area contributed by atoms with Crippen molar-refractivity contribution in [3.05, 3.63) is 54.0 Å². The van der Waals surface area contributed by atoms with Gasteiger partial charge in [0, 0.05) is 25.4 Å². The van der Waals surface area contributed by atoms with Gasteiger partial charge in [-0.1, -0.05) is 24.3 Å². The summed E-state index contributed by atoms with van der Waals surface area (Å²) in [6, 6.07) is 6.50. The van der Waals surface area contributed by atoms with E-state index in [1.165, 1.54) is 16.7 Å². The molecule has 0 amide bonds. The van der Waals surface area contributed by atoms with Gasteiger partial charge >= 0.3 is 5.82 Å². The fourth-order valence-corrected chi connectivity index (χ4v) is 2.29. The molecule has 1 heterocycles. The summed E-state index contributed by atoms with van der Waals surface area (Å²) in [6.45, 7) is 13.9. The van der Waals surface area contributed by atoms with Crippen LogP contribution < -0.4 is 0 Å². The highest BCUT2D eigenvalue weighted by Gasteiger charge is 2.13. The predicted molar refractivity (Wildman–Crippen MR) is 92.8 cm³/mol. The molecule has 0 bridgehead atoms. The van der Waals surface area contributed by atoms with Crippen molar-refractivity contribution >= 4 is 18.2 Å². The molecular formula is C18H25N4+. The van der Waals surface area contributed by atoms with Gasteiger partial charge in [0.1, 0.15) is 6.20 Å². The lowest BCUT2D eigenvalue weighted by Crippen LogP contribution is -2.12. The Labute approximate surface area is 133 Å². The number of imidazole rings is 1.